The minimum atomic E-state index is 1.18. The van der Waals surface area contributed by atoms with Crippen LogP contribution in [0.4, 0.5) is 0 Å². The molecule has 0 aliphatic rings. The molecule has 0 aromatic carbocycles. The van der Waals surface area contributed by atoms with E-state index in [1.165, 1.54) is 223 Å². The fourth-order valence-electron chi connectivity index (χ4n) is 7.07. The van der Waals surface area contributed by atoms with Gasteiger partial charge in [0.25, 0.3) is 0 Å². The van der Waals surface area contributed by atoms with E-state index < -0.39 is 0 Å². The Morgan fingerprint density at radius 1 is 0.298 bits per heavy atom. The average molecular weight is 649 g/mol. The topological polar surface area (TPSA) is 7.76 Å². The maximum atomic E-state index is 2.39. The first-order chi connectivity index (χ1) is 23.3. The van der Waals surface area contributed by atoms with Gasteiger partial charge in [0.2, 0.25) is 0 Å². The monoisotopic (exact) mass is 649 g/mol. The number of hydrogen-bond donors (Lipinski definition) is 0. The van der Waals surface area contributed by atoms with E-state index in [4.69, 9.17) is 0 Å². The van der Waals surface area contributed by atoms with Crippen molar-refractivity contribution in [2.24, 2.45) is 0 Å². The molecule has 2 nitrogen and oxygen atoms in total. The van der Waals surface area contributed by atoms with Gasteiger partial charge in [0.15, 0.2) is 24.8 Å². The van der Waals surface area contributed by atoms with Crippen molar-refractivity contribution in [3.8, 4) is 0 Å². The third kappa shape index (κ3) is 25.0. The van der Waals surface area contributed by atoms with Crippen LogP contribution in [-0.2, 0) is 25.9 Å². The first-order valence-electron chi connectivity index (χ1n) is 21.3. The summed E-state index contributed by atoms with van der Waals surface area (Å²) in [7, 11) is 0. The van der Waals surface area contributed by atoms with Gasteiger partial charge in [0.05, 0.1) is 0 Å². The molecule has 0 radical (unpaired) electrons. The summed E-state index contributed by atoms with van der Waals surface area (Å²) in [5.74, 6) is 0. The molecule has 0 unspecified atom stereocenters. The van der Waals surface area contributed by atoms with Crippen LogP contribution >= 0.6 is 0 Å². The fourth-order valence-corrected chi connectivity index (χ4v) is 7.07. The molecule has 0 fully saturated rings. The fraction of sp³-hybridized carbons (Fsp3) is 0.778. The summed E-state index contributed by atoms with van der Waals surface area (Å²) in [6.07, 6.45) is 52.6. The predicted molar refractivity (Wildman–Crippen MR) is 206 cm³/mol. The van der Waals surface area contributed by atoms with Gasteiger partial charge in [-0.1, -0.05) is 162 Å². The Bertz CT molecular complexity index is 827. The Morgan fingerprint density at radius 2 is 0.532 bits per heavy atom. The second-order valence-electron chi connectivity index (χ2n) is 14.9. The summed E-state index contributed by atoms with van der Waals surface area (Å²) >= 11 is 0. The van der Waals surface area contributed by atoms with Crippen molar-refractivity contribution in [3.63, 3.8) is 0 Å². The zero-order chi connectivity index (χ0) is 33.3. The number of unbranched alkanes of at least 4 members (excludes halogenated alkanes) is 26. The second-order valence-corrected chi connectivity index (χ2v) is 14.9. The summed E-state index contributed by atoms with van der Waals surface area (Å²) in [4.78, 5) is 0. The zero-order valence-electron chi connectivity index (χ0n) is 31.8. The Hall–Kier alpha value is -1.70. The molecule has 2 rings (SSSR count). The first kappa shape index (κ1) is 41.5. The van der Waals surface area contributed by atoms with Crippen molar-refractivity contribution in [2.45, 2.75) is 226 Å². The van der Waals surface area contributed by atoms with E-state index in [-0.39, 0.29) is 0 Å². The summed E-state index contributed by atoms with van der Waals surface area (Å²) < 4.78 is 4.79. The molecule has 2 heteroatoms. The molecule has 0 aliphatic carbocycles. The van der Waals surface area contributed by atoms with Crippen LogP contribution in [0, 0.1) is 0 Å². The standard InChI is InChI=1S/C45H80N2/c1-3-5-7-9-11-13-15-17-19-21-26-30-38-46-40-34-44(35-41-46)32-28-24-23-25-29-33-45-36-42-47(43-37-45)39-31-27-22-20-18-16-14-12-10-8-6-4-2/h34-37,40-43H,3-33,38-39H2,1-2H3/q+2. The Morgan fingerprint density at radius 3 is 0.809 bits per heavy atom. The molecule has 0 saturated heterocycles. The van der Waals surface area contributed by atoms with Crippen molar-refractivity contribution in [3.05, 3.63) is 60.2 Å². The van der Waals surface area contributed by atoms with E-state index in [9.17, 15) is 0 Å². The molecule has 2 heterocycles. The predicted octanol–water partition coefficient (Wildman–Crippen LogP) is 13.4. The molecule has 0 spiro atoms. The summed E-state index contributed by atoms with van der Waals surface area (Å²) in [6, 6.07) is 9.45. The van der Waals surface area contributed by atoms with E-state index in [0.29, 0.717) is 0 Å². The third-order valence-electron chi connectivity index (χ3n) is 10.4. The van der Waals surface area contributed by atoms with Crippen LogP contribution in [0.3, 0.4) is 0 Å². The lowest BCUT2D eigenvalue weighted by molar-refractivity contribution is -0.697. The number of pyridine rings is 2. The summed E-state index contributed by atoms with van der Waals surface area (Å²) in [6.45, 7) is 6.96. The van der Waals surface area contributed by atoms with E-state index in [0.717, 1.165) is 0 Å². The first-order valence-corrected chi connectivity index (χ1v) is 21.3. The number of nitrogens with zero attached hydrogens (tertiary/aromatic N) is 2. The Labute approximate surface area is 294 Å². The van der Waals surface area contributed by atoms with Crippen molar-refractivity contribution in [2.75, 3.05) is 0 Å². The molecular formula is C45H80N2+2. The average Bonchev–Trinajstić information content (AvgIpc) is 3.10. The van der Waals surface area contributed by atoms with Crippen LogP contribution in [0.25, 0.3) is 0 Å². The molecule has 0 aliphatic heterocycles. The maximum absolute atomic E-state index is 2.39. The molecule has 2 aromatic rings. The Balaban J connectivity index is 1.36. The van der Waals surface area contributed by atoms with Gasteiger partial charge in [-0.3, -0.25) is 0 Å². The normalized spacial score (nSPS) is 11.4. The van der Waals surface area contributed by atoms with E-state index in [1.807, 2.05) is 0 Å². The molecule has 0 atom stereocenters. The lowest BCUT2D eigenvalue weighted by Gasteiger charge is -2.04. The molecule has 268 valence electrons. The number of aryl methyl sites for hydroxylation is 4. The second kappa shape index (κ2) is 31.6. The lowest BCUT2D eigenvalue weighted by Crippen LogP contribution is -2.32. The largest absolute Gasteiger partial charge is 0.205 e. The van der Waals surface area contributed by atoms with Crippen LogP contribution in [0.15, 0.2) is 49.1 Å². The smallest absolute Gasteiger partial charge is 0.169 e. The molecule has 0 saturated carbocycles. The minimum Gasteiger partial charge on any atom is -0.205 e. The van der Waals surface area contributed by atoms with Gasteiger partial charge in [0, 0.05) is 37.1 Å². The molecular weight excluding hydrogens is 569 g/mol. The van der Waals surface area contributed by atoms with Gasteiger partial charge in [0.1, 0.15) is 13.1 Å². The van der Waals surface area contributed by atoms with E-state index >= 15 is 0 Å². The van der Waals surface area contributed by atoms with Crippen LogP contribution in [0.1, 0.15) is 211 Å². The van der Waals surface area contributed by atoms with Crippen LogP contribution in [0.2, 0.25) is 0 Å². The van der Waals surface area contributed by atoms with Crippen molar-refractivity contribution < 1.29 is 9.13 Å². The van der Waals surface area contributed by atoms with Gasteiger partial charge in [-0.05, 0) is 49.7 Å². The van der Waals surface area contributed by atoms with Gasteiger partial charge < -0.3 is 0 Å². The quantitative estimate of drug-likeness (QED) is 0.0527. The van der Waals surface area contributed by atoms with Crippen molar-refractivity contribution in [1.82, 2.24) is 0 Å². The van der Waals surface area contributed by atoms with E-state index in [2.05, 4.69) is 72.0 Å². The SMILES string of the molecule is CCCCCCCCCCCCCC[n+]1ccc(CCCCCCCc2cc[n+](CCCCCCCCCCCCCC)cc2)cc1. The van der Waals surface area contributed by atoms with Crippen molar-refractivity contribution in [1.29, 1.82) is 0 Å². The highest BCUT2D eigenvalue weighted by Gasteiger charge is 2.04. The highest BCUT2D eigenvalue weighted by Crippen LogP contribution is 2.14. The van der Waals surface area contributed by atoms with E-state index in [1.54, 1.807) is 0 Å². The van der Waals surface area contributed by atoms with Gasteiger partial charge in [-0.2, -0.15) is 0 Å². The van der Waals surface area contributed by atoms with Crippen LogP contribution in [0.5, 0.6) is 0 Å². The highest BCUT2D eigenvalue weighted by molar-refractivity contribution is 5.07. The zero-order valence-corrected chi connectivity index (χ0v) is 31.8. The van der Waals surface area contributed by atoms with Crippen LogP contribution < -0.4 is 9.13 Å². The molecule has 47 heavy (non-hydrogen) atoms. The molecule has 0 N–H and O–H groups in total. The van der Waals surface area contributed by atoms with Gasteiger partial charge in [-0.15, -0.1) is 0 Å². The van der Waals surface area contributed by atoms with Crippen molar-refractivity contribution >= 4 is 0 Å². The molecule has 0 amide bonds. The number of rotatable bonds is 34. The summed E-state index contributed by atoms with van der Waals surface area (Å²) in [5, 5.41) is 0. The number of aromatic nitrogens is 2. The van der Waals surface area contributed by atoms with Gasteiger partial charge in [-0.25, -0.2) is 9.13 Å². The van der Waals surface area contributed by atoms with Crippen LogP contribution in [-0.4, -0.2) is 0 Å². The molecule has 2 aromatic heterocycles. The summed E-state index contributed by atoms with van der Waals surface area (Å²) in [5.41, 5.74) is 3.02. The highest BCUT2D eigenvalue weighted by atomic mass is 14.9. The maximum Gasteiger partial charge on any atom is 0.169 e. The minimum absolute atomic E-state index is 1.18. The molecule has 0 bridgehead atoms. The lowest BCUT2D eigenvalue weighted by atomic mass is 10.0. The number of hydrogen-bond acceptors (Lipinski definition) is 0. The Kier molecular flexibility index (Phi) is 27.8. The third-order valence-corrected chi connectivity index (χ3v) is 10.4. The van der Waals surface area contributed by atoms with Gasteiger partial charge >= 0.3 is 0 Å².